The van der Waals surface area contributed by atoms with Crippen LogP contribution in [0.2, 0.25) is 0 Å². The number of nitrogens with zero attached hydrogens (tertiary/aromatic N) is 3. The lowest BCUT2D eigenvalue weighted by Gasteiger charge is -2.20. The topological polar surface area (TPSA) is 86.2 Å². The Labute approximate surface area is 143 Å². The fourth-order valence-corrected chi connectivity index (χ4v) is 2.61. The lowest BCUT2D eigenvalue weighted by Crippen LogP contribution is -2.27. The van der Waals surface area contributed by atoms with Crippen molar-refractivity contribution in [3.63, 3.8) is 0 Å². The van der Waals surface area contributed by atoms with E-state index in [0.29, 0.717) is 23.0 Å². The molecule has 1 aromatic carbocycles. The maximum absolute atomic E-state index is 10.8. The summed E-state index contributed by atoms with van der Waals surface area (Å²) in [6, 6.07) is 7.00. The molecule has 0 saturated heterocycles. The molecule has 0 saturated carbocycles. The van der Waals surface area contributed by atoms with E-state index in [2.05, 4.69) is 9.97 Å². The summed E-state index contributed by atoms with van der Waals surface area (Å²) in [5.74, 6) is 0.361. The summed E-state index contributed by atoms with van der Waals surface area (Å²) in [5.41, 5.74) is 4.27. The molecule has 6 heteroatoms. The van der Waals surface area contributed by atoms with Crippen molar-refractivity contribution in [1.29, 1.82) is 0 Å². The molecule has 0 fully saturated rings. The van der Waals surface area contributed by atoms with Gasteiger partial charge < -0.3 is 20.1 Å². The minimum atomic E-state index is -3.17. The number of fused-ring (bicyclic) bond motifs is 3. The first kappa shape index (κ1) is 9.85. The molecular formula is C17H22N4O2. The Balaban J connectivity index is 2.34. The van der Waals surface area contributed by atoms with Crippen molar-refractivity contribution in [2.75, 3.05) is 12.3 Å². The lowest BCUT2D eigenvalue weighted by atomic mass is 10.1. The summed E-state index contributed by atoms with van der Waals surface area (Å²) in [6.45, 7) is -4.97. The minimum Gasteiger partial charge on any atom is -0.389 e. The molecule has 0 radical (unpaired) electrons. The van der Waals surface area contributed by atoms with E-state index in [0.717, 1.165) is 0 Å². The van der Waals surface area contributed by atoms with Crippen LogP contribution >= 0.6 is 0 Å². The summed E-state index contributed by atoms with van der Waals surface area (Å²) in [7, 11) is 0. The van der Waals surface area contributed by atoms with Crippen LogP contribution in [0.25, 0.3) is 21.9 Å². The van der Waals surface area contributed by atoms with Gasteiger partial charge in [-0.3, -0.25) is 0 Å². The average Bonchev–Trinajstić information content (AvgIpc) is 2.97. The van der Waals surface area contributed by atoms with Gasteiger partial charge >= 0.3 is 0 Å². The second-order valence-corrected chi connectivity index (χ2v) is 5.32. The number of anilines is 1. The average molecular weight is 320 g/mol. The highest BCUT2D eigenvalue weighted by molar-refractivity contribution is 6.06. The first-order valence-electron chi connectivity index (χ1n) is 10.2. The maximum atomic E-state index is 10.8. The minimum absolute atomic E-state index is 0.0168. The van der Waals surface area contributed by atoms with Gasteiger partial charge in [0.1, 0.15) is 17.9 Å². The van der Waals surface area contributed by atoms with Crippen molar-refractivity contribution in [3.8, 4) is 0 Å². The second kappa shape index (κ2) is 5.79. The second-order valence-electron chi connectivity index (χ2n) is 5.32. The summed E-state index contributed by atoms with van der Waals surface area (Å²) in [5, 5.41) is 11.4. The van der Waals surface area contributed by atoms with E-state index < -0.39 is 25.8 Å². The first-order chi connectivity index (χ1) is 13.4. The quantitative estimate of drug-likeness (QED) is 0.754. The Morgan fingerprint density at radius 1 is 1.35 bits per heavy atom. The number of nitrogens with two attached hydrogens (primary N) is 1. The third kappa shape index (κ3) is 3.00. The van der Waals surface area contributed by atoms with Crippen LogP contribution < -0.4 is 5.73 Å². The number of imidazole rings is 1. The Hall–Kier alpha value is -2.18. The number of pyridine rings is 1. The zero-order valence-electron chi connectivity index (χ0n) is 18.7. The van der Waals surface area contributed by atoms with Crippen LogP contribution in [-0.4, -0.2) is 31.8 Å². The standard InChI is InChI=1S/C17H22N4O2/c1-4-23-9-13-20-14-15(21(13)10-17(2,3)22)11-7-5-6-8-12(11)19-16(14)18/h5-8,22H,4,9-10H2,1-3H3,(H2,18,19)/i2D3,3D3. The van der Waals surface area contributed by atoms with Crippen molar-refractivity contribution in [1.82, 2.24) is 14.5 Å². The SMILES string of the molecule is [2H]C([2H])([2H])C(O)(Cn1c(COCC)nc2c(N)nc3ccccc3c21)C([2H])([2H])[2H]. The number of aromatic nitrogens is 3. The number of nitrogen functional groups attached to an aromatic ring is 1. The molecule has 0 amide bonds. The summed E-state index contributed by atoms with van der Waals surface area (Å²) in [4.78, 5) is 8.73. The molecule has 3 aromatic rings. The molecule has 0 aliphatic heterocycles. The highest BCUT2D eigenvalue weighted by Gasteiger charge is 2.22. The van der Waals surface area contributed by atoms with Gasteiger partial charge in [-0.25, -0.2) is 9.97 Å². The van der Waals surface area contributed by atoms with E-state index in [1.54, 1.807) is 31.2 Å². The first-order valence-corrected chi connectivity index (χ1v) is 7.24. The fraction of sp³-hybridized carbons (Fsp3) is 0.412. The van der Waals surface area contributed by atoms with Crippen molar-refractivity contribution < 1.29 is 18.1 Å². The van der Waals surface area contributed by atoms with Crippen LogP contribution in [0.1, 0.15) is 34.7 Å². The number of rotatable bonds is 5. The molecule has 23 heavy (non-hydrogen) atoms. The highest BCUT2D eigenvalue weighted by atomic mass is 16.5. The van der Waals surface area contributed by atoms with Gasteiger partial charge in [-0.2, -0.15) is 0 Å². The van der Waals surface area contributed by atoms with Crippen molar-refractivity contribution in [3.05, 3.63) is 30.1 Å². The molecule has 2 heterocycles. The molecule has 3 rings (SSSR count). The number of ether oxygens (including phenoxy) is 1. The van der Waals surface area contributed by atoms with Gasteiger partial charge in [-0.15, -0.1) is 0 Å². The van der Waals surface area contributed by atoms with Crippen molar-refractivity contribution in [2.45, 2.75) is 39.4 Å². The molecule has 0 spiro atoms. The highest BCUT2D eigenvalue weighted by Crippen LogP contribution is 2.30. The van der Waals surface area contributed by atoms with Gasteiger partial charge in [0.25, 0.3) is 0 Å². The van der Waals surface area contributed by atoms with E-state index in [9.17, 15) is 5.11 Å². The Bertz CT molecular complexity index is 1030. The maximum Gasteiger partial charge on any atom is 0.152 e. The van der Waals surface area contributed by atoms with E-state index >= 15 is 0 Å². The third-order valence-corrected chi connectivity index (χ3v) is 3.51. The van der Waals surface area contributed by atoms with Crippen LogP contribution in [0.4, 0.5) is 5.82 Å². The van der Waals surface area contributed by atoms with Crippen molar-refractivity contribution >= 4 is 27.8 Å². The fourth-order valence-electron chi connectivity index (χ4n) is 2.61. The van der Waals surface area contributed by atoms with Gasteiger partial charge in [-0.05, 0) is 26.7 Å². The predicted molar refractivity (Wildman–Crippen MR) is 91.1 cm³/mol. The van der Waals surface area contributed by atoms with Gasteiger partial charge in [0, 0.05) is 20.2 Å². The Kier molecular flexibility index (Phi) is 2.48. The molecule has 3 N–H and O–H groups in total. The van der Waals surface area contributed by atoms with Gasteiger partial charge in [0.05, 0.1) is 23.2 Å². The number of hydrogen-bond donors (Lipinski definition) is 2. The summed E-state index contributed by atoms with van der Waals surface area (Å²) in [6.07, 6.45) is 0. The lowest BCUT2D eigenvalue weighted by molar-refractivity contribution is 0.0582. The molecule has 0 unspecified atom stereocenters. The Morgan fingerprint density at radius 2 is 2.13 bits per heavy atom. The number of aliphatic hydroxyl groups is 1. The Morgan fingerprint density at radius 3 is 2.87 bits per heavy atom. The monoisotopic (exact) mass is 320 g/mol. The van der Waals surface area contributed by atoms with Crippen LogP contribution in [0.15, 0.2) is 24.3 Å². The third-order valence-electron chi connectivity index (χ3n) is 3.51. The van der Waals surface area contributed by atoms with Crippen molar-refractivity contribution in [2.24, 2.45) is 0 Å². The van der Waals surface area contributed by atoms with E-state index in [1.165, 1.54) is 4.57 Å². The molecule has 122 valence electrons. The smallest absolute Gasteiger partial charge is 0.152 e. The summed E-state index contributed by atoms with van der Waals surface area (Å²) >= 11 is 0. The largest absolute Gasteiger partial charge is 0.389 e. The molecule has 0 aliphatic carbocycles. The van der Waals surface area contributed by atoms with Crippen LogP contribution in [0, 0.1) is 0 Å². The van der Waals surface area contributed by atoms with Crippen LogP contribution in [0.3, 0.4) is 0 Å². The van der Waals surface area contributed by atoms with E-state index in [1.807, 2.05) is 0 Å². The molecule has 2 aromatic heterocycles. The molecule has 0 bridgehead atoms. The number of para-hydroxylation sites is 1. The predicted octanol–water partition coefficient (Wildman–Crippen LogP) is 2.47. The van der Waals surface area contributed by atoms with Gasteiger partial charge in [0.15, 0.2) is 5.82 Å². The normalized spacial score (nSPS) is 17.3. The zero-order valence-corrected chi connectivity index (χ0v) is 12.7. The molecule has 6 nitrogen and oxygen atoms in total. The van der Waals surface area contributed by atoms with Gasteiger partial charge in [-0.1, -0.05) is 18.2 Å². The van der Waals surface area contributed by atoms with Crippen LogP contribution in [-0.2, 0) is 17.9 Å². The van der Waals surface area contributed by atoms with E-state index in [-0.39, 0.29) is 23.8 Å². The molecule has 0 atom stereocenters. The summed E-state index contributed by atoms with van der Waals surface area (Å²) < 4.78 is 52.9. The number of hydrogen-bond acceptors (Lipinski definition) is 5. The molecular weight excluding hydrogens is 292 g/mol. The van der Waals surface area contributed by atoms with E-state index in [4.69, 9.17) is 18.7 Å². The van der Waals surface area contributed by atoms with Crippen LogP contribution in [0.5, 0.6) is 0 Å². The molecule has 0 aliphatic rings. The van der Waals surface area contributed by atoms with Gasteiger partial charge in [0.2, 0.25) is 0 Å². The zero-order chi connectivity index (χ0) is 21.6. The number of benzene rings is 1.